The summed E-state index contributed by atoms with van der Waals surface area (Å²) in [7, 11) is 0. The smallest absolute Gasteiger partial charge is 0.314 e. The molecule has 0 spiro atoms. The van der Waals surface area contributed by atoms with E-state index in [0.29, 0.717) is 60.9 Å². The van der Waals surface area contributed by atoms with Crippen molar-refractivity contribution in [2.75, 3.05) is 0 Å². The van der Waals surface area contributed by atoms with Gasteiger partial charge in [0, 0.05) is 0 Å². The van der Waals surface area contributed by atoms with Gasteiger partial charge in [-0.1, -0.05) is 83.9 Å². The molecule has 50 heavy (non-hydrogen) atoms. The fourth-order valence-electron chi connectivity index (χ4n) is 8.78. The predicted molar refractivity (Wildman–Crippen MR) is 200 cm³/mol. The van der Waals surface area contributed by atoms with Crippen LogP contribution in [0.15, 0.2) is 97.1 Å². The molecule has 260 valence electrons. The van der Waals surface area contributed by atoms with E-state index in [1.54, 1.807) is 0 Å². The summed E-state index contributed by atoms with van der Waals surface area (Å²) in [4.78, 5) is 26.1. The summed E-state index contributed by atoms with van der Waals surface area (Å²) in [6.07, 6.45) is 12.2. The van der Waals surface area contributed by atoms with Crippen LogP contribution in [-0.2, 0) is 9.59 Å². The van der Waals surface area contributed by atoms with Crippen molar-refractivity contribution in [2.45, 2.75) is 115 Å². The standard InChI is InChI=1S/C46H52O4/c1-31-3-7-33(8-4-31)35-11-15-37(16-12-35)39-23-27-43(28-24-39)49-45(47)41-19-21-42(22-20-41)46(48)50-44-29-25-40(26-30-44)38-17-13-36(14-18-38)34-9-5-32(2)6-10-34/h3-10,23-30,35-38,41-42H,11-22H2,1-2H3/t35?,36?,37?,38?,41-,42-. The van der Waals surface area contributed by atoms with Crippen LogP contribution in [0.5, 0.6) is 11.5 Å². The van der Waals surface area contributed by atoms with E-state index in [1.165, 1.54) is 84.7 Å². The Bertz CT molecular complexity index is 1570. The Morgan fingerprint density at radius 3 is 0.880 bits per heavy atom. The van der Waals surface area contributed by atoms with Crippen LogP contribution in [0, 0.1) is 25.7 Å². The SMILES string of the molecule is Cc1ccc(C2CCC(c3ccc(OC(=O)[C@H]4CC[C@H](C(=O)Oc5ccc(C6CCC(c7ccc(C)cc7)CC6)cc5)CC4)cc3)CC2)cc1. The molecule has 0 saturated heterocycles. The van der Waals surface area contributed by atoms with Crippen molar-refractivity contribution in [3.8, 4) is 11.5 Å². The highest BCUT2D eigenvalue weighted by molar-refractivity contribution is 5.77. The summed E-state index contributed by atoms with van der Waals surface area (Å²) in [6, 6.07) is 34.4. The molecule has 0 heterocycles. The molecular weight excluding hydrogens is 617 g/mol. The van der Waals surface area contributed by atoms with Gasteiger partial charge >= 0.3 is 11.9 Å². The molecule has 7 rings (SSSR count). The lowest BCUT2D eigenvalue weighted by atomic mass is 9.76. The monoisotopic (exact) mass is 668 g/mol. The van der Waals surface area contributed by atoms with Gasteiger partial charge in [0.2, 0.25) is 0 Å². The van der Waals surface area contributed by atoms with Crippen molar-refractivity contribution in [3.05, 3.63) is 130 Å². The highest BCUT2D eigenvalue weighted by atomic mass is 16.5. The third-order valence-corrected chi connectivity index (χ3v) is 12.1. The zero-order valence-corrected chi connectivity index (χ0v) is 29.8. The van der Waals surface area contributed by atoms with Crippen molar-refractivity contribution in [3.63, 3.8) is 0 Å². The molecule has 0 bridgehead atoms. The minimum absolute atomic E-state index is 0.184. The number of hydrogen-bond donors (Lipinski definition) is 0. The average molecular weight is 669 g/mol. The van der Waals surface area contributed by atoms with E-state index >= 15 is 0 Å². The average Bonchev–Trinajstić information content (AvgIpc) is 3.16. The second-order valence-electron chi connectivity index (χ2n) is 15.4. The van der Waals surface area contributed by atoms with E-state index in [-0.39, 0.29) is 23.8 Å². The van der Waals surface area contributed by atoms with Gasteiger partial charge in [0.1, 0.15) is 11.5 Å². The Balaban J connectivity index is 0.822. The van der Waals surface area contributed by atoms with Crippen LogP contribution < -0.4 is 9.47 Å². The van der Waals surface area contributed by atoms with E-state index in [1.807, 2.05) is 24.3 Å². The Morgan fingerprint density at radius 1 is 0.380 bits per heavy atom. The van der Waals surface area contributed by atoms with Crippen LogP contribution in [-0.4, -0.2) is 11.9 Å². The summed E-state index contributed by atoms with van der Waals surface area (Å²) in [5.41, 5.74) is 8.23. The first-order valence-electron chi connectivity index (χ1n) is 19.1. The number of esters is 2. The number of aryl methyl sites for hydroxylation is 2. The molecule has 3 aliphatic rings. The lowest BCUT2D eigenvalue weighted by molar-refractivity contribution is -0.145. The highest BCUT2D eigenvalue weighted by Crippen LogP contribution is 2.42. The van der Waals surface area contributed by atoms with E-state index < -0.39 is 0 Å². The fourth-order valence-corrected chi connectivity index (χ4v) is 8.78. The number of rotatable bonds is 8. The van der Waals surface area contributed by atoms with Crippen LogP contribution in [0.1, 0.15) is 134 Å². The summed E-state index contributed by atoms with van der Waals surface area (Å²) < 4.78 is 11.6. The second kappa shape index (κ2) is 15.8. The van der Waals surface area contributed by atoms with Gasteiger partial charge in [-0.25, -0.2) is 0 Å². The van der Waals surface area contributed by atoms with Gasteiger partial charge in [-0.15, -0.1) is 0 Å². The summed E-state index contributed by atoms with van der Waals surface area (Å²) in [5, 5.41) is 0. The van der Waals surface area contributed by atoms with Crippen LogP contribution >= 0.6 is 0 Å². The molecule has 4 aromatic carbocycles. The maximum atomic E-state index is 13.0. The Kier molecular flexibility index (Phi) is 10.8. The molecule has 3 saturated carbocycles. The molecular formula is C46H52O4. The Labute approximate surface area is 298 Å². The fraction of sp³-hybridized carbons (Fsp3) is 0.435. The Morgan fingerprint density at radius 2 is 0.620 bits per heavy atom. The summed E-state index contributed by atoms with van der Waals surface area (Å²) >= 11 is 0. The Hall–Kier alpha value is -4.18. The molecule has 0 aliphatic heterocycles. The highest BCUT2D eigenvalue weighted by Gasteiger charge is 2.32. The van der Waals surface area contributed by atoms with Gasteiger partial charge in [-0.2, -0.15) is 0 Å². The number of hydrogen-bond acceptors (Lipinski definition) is 4. The maximum absolute atomic E-state index is 13.0. The van der Waals surface area contributed by atoms with Gasteiger partial charge in [0.15, 0.2) is 0 Å². The first-order valence-corrected chi connectivity index (χ1v) is 19.1. The molecule has 0 unspecified atom stereocenters. The molecule has 4 nitrogen and oxygen atoms in total. The lowest BCUT2D eigenvalue weighted by Gasteiger charge is -2.29. The van der Waals surface area contributed by atoms with E-state index in [9.17, 15) is 9.59 Å². The lowest BCUT2D eigenvalue weighted by Crippen LogP contribution is -2.30. The van der Waals surface area contributed by atoms with Crippen LogP contribution in [0.25, 0.3) is 0 Å². The third-order valence-electron chi connectivity index (χ3n) is 12.1. The first-order chi connectivity index (χ1) is 24.4. The van der Waals surface area contributed by atoms with Crippen LogP contribution in [0.4, 0.5) is 0 Å². The van der Waals surface area contributed by atoms with Crippen LogP contribution in [0.3, 0.4) is 0 Å². The zero-order valence-electron chi connectivity index (χ0n) is 29.8. The largest absolute Gasteiger partial charge is 0.426 e. The number of ether oxygens (including phenoxy) is 2. The zero-order chi connectivity index (χ0) is 34.5. The molecule has 0 N–H and O–H groups in total. The molecule has 4 aromatic rings. The molecule has 0 aromatic heterocycles. The molecule has 0 amide bonds. The molecule has 0 atom stereocenters. The first kappa shape index (κ1) is 34.3. The molecule has 4 heteroatoms. The summed E-state index contributed by atoms with van der Waals surface area (Å²) in [5.74, 6) is 2.90. The third kappa shape index (κ3) is 8.40. The number of carbonyl (C=O) groups is 2. The van der Waals surface area contributed by atoms with Crippen molar-refractivity contribution in [1.82, 2.24) is 0 Å². The van der Waals surface area contributed by atoms with Crippen LogP contribution in [0.2, 0.25) is 0 Å². The normalized spacial score (nSPS) is 25.4. The number of carbonyl (C=O) groups excluding carboxylic acids is 2. The topological polar surface area (TPSA) is 52.6 Å². The van der Waals surface area contributed by atoms with Gasteiger partial charge in [0.25, 0.3) is 0 Å². The van der Waals surface area contributed by atoms with Gasteiger partial charge in [-0.05, 0) is 161 Å². The van der Waals surface area contributed by atoms with Crippen molar-refractivity contribution >= 4 is 11.9 Å². The molecule has 3 fully saturated rings. The minimum Gasteiger partial charge on any atom is -0.426 e. The van der Waals surface area contributed by atoms with Gasteiger partial charge < -0.3 is 9.47 Å². The van der Waals surface area contributed by atoms with Gasteiger partial charge in [0.05, 0.1) is 11.8 Å². The van der Waals surface area contributed by atoms with E-state index in [2.05, 4.69) is 86.6 Å². The van der Waals surface area contributed by atoms with Gasteiger partial charge in [-0.3, -0.25) is 9.59 Å². The number of benzene rings is 4. The molecule has 3 aliphatic carbocycles. The minimum atomic E-state index is -0.188. The van der Waals surface area contributed by atoms with E-state index in [0.717, 1.165) is 0 Å². The predicted octanol–water partition coefficient (Wildman–Crippen LogP) is 11.5. The second-order valence-corrected chi connectivity index (χ2v) is 15.4. The van der Waals surface area contributed by atoms with Crippen molar-refractivity contribution < 1.29 is 19.1 Å². The van der Waals surface area contributed by atoms with Crippen molar-refractivity contribution in [1.29, 1.82) is 0 Å². The van der Waals surface area contributed by atoms with E-state index in [4.69, 9.17) is 9.47 Å². The maximum Gasteiger partial charge on any atom is 0.314 e. The quantitative estimate of drug-likeness (QED) is 0.138. The van der Waals surface area contributed by atoms with Crippen molar-refractivity contribution in [2.24, 2.45) is 11.8 Å². The molecule has 0 radical (unpaired) electrons. The summed E-state index contributed by atoms with van der Waals surface area (Å²) in [6.45, 7) is 4.28.